The average Bonchev–Trinajstić information content (AvgIpc) is 2.84. The van der Waals surface area contributed by atoms with Crippen LogP contribution in [-0.4, -0.2) is 6.61 Å². The molecule has 0 bridgehead atoms. The van der Waals surface area contributed by atoms with E-state index in [1.54, 1.807) is 13.0 Å². The van der Waals surface area contributed by atoms with E-state index in [1.165, 1.54) is 6.07 Å². The summed E-state index contributed by atoms with van der Waals surface area (Å²) in [4.78, 5) is 0. The number of hydrogen-bond donors (Lipinski definition) is 0. The van der Waals surface area contributed by atoms with Crippen LogP contribution in [-0.2, 0) is 16.5 Å². The summed E-state index contributed by atoms with van der Waals surface area (Å²) >= 11 is 0. The van der Waals surface area contributed by atoms with Crippen molar-refractivity contribution in [2.75, 3.05) is 6.61 Å². The average molecular weight is 202 g/mol. The van der Waals surface area contributed by atoms with Gasteiger partial charge in [-0.3, -0.25) is 0 Å². The fourth-order valence-electron chi connectivity index (χ4n) is 1.30. The maximum absolute atomic E-state index is 12.3. The van der Waals surface area contributed by atoms with Crippen molar-refractivity contribution >= 4 is 0 Å². The highest BCUT2D eigenvalue weighted by Crippen LogP contribution is 2.40. The van der Waals surface area contributed by atoms with Crippen LogP contribution in [0.5, 0.6) is 0 Å². The number of ether oxygens (including phenoxy) is 1. The number of hydrogen-bond acceptors (Lipinski definition) is 1. The maximum atomic E-state index is 12.3. The van der Waals surface area contributed by atoms with Gasteiger partial charge in [0.05, 0.1) is 12.2 Å². The lowest BCUT2D eigenvalue weighted by Crippen LogP contribution is -2.08. The molecule has 1 aromatic carbocycles. The second-order valence-corrected chi connectivity index (χ2v) is 3.60. The summed E-state index contributed by atoms with van der Waals surface area (Å²) < 4.78 is 42.1. The predicted molar refractivity (Wildman–Crippen MR) is 44.7 cm³/mol. The van der Waals surface area contributed by atoms with Gasteiger partial charge < -0.3 is 4.74 Å². The van der Waals surface area contributed by atoms with E-state index < -0.39 is 17.3 Å². The molecule has 1 fully saturated rings. The molecule has 1 saturated heterocycles. The quantitative estimate of drug-likeness (QED) is 0.638. The molecule has 1 unspecified atom stereocenters. The van der Waals surface area contributed by atoms with E-state index in [0.717, 1.165) is 12.1 Å². The first-order valence-electron chi connectivity index (χ1n) is 4.23. The molecule has 0 spiro atoms. The third-order valence-corrected chi connectivity index (χ3v) is 2.38. The van der Waals surface area contributed by atoms with Crippen LogP contribution in [0.2, 0.25) is 0 Å². The maximum Gasteiger partial charge on any atom is 0.416 e. The van der Waals surface area contributed by atoms with Crippen molar-refractivity contribution in [2.45, 2.75) is 18.7 Å². The number of benzene rings is 1. The lowest BCUT2D eigenvalue weighted by atomic mass is 10.00. The number of alkyl halides is 3. The zero-order valence-corrected chi connectivity index (χ0v) is 7.56. The summed E-state index contributed by atoms with van der Waals surface area (Å²) in [6.45, 7) is 2.27. The molecule has 2 rings (SSSR count). The standard InChI is InChI=1S/C10H9F3O/c1-9(6-14-9)7-3-2-4-8(5-7)10(11,12)13/h2-5H,6H2,1H3. The van der Waals surface area contributed by atoms with Crippen LogP contribution >= 0.6 is 0 Å². The van der Waals surface area contributed by atoms with Crippen LogP contribution in [0.1, 0.15) is 18.1 Å². The van der Waals surface area contributed by atoms with Gasteiger partial charge in [0, 0.05) is 0 Å². The Hall–Kier alpha value is -1.03. The highest BCUT2D eigenvalue weighted by Gasteiger charge is 2.42. The molecule has 76 valence electrons. The normalized spacial score (nSPS) is 26.3. The molecule has 4 heteroatoms. The molecule has 0 radical (unpaired) electrons. The summed E-state index contributed by atoms with van der Waals surface area (Å²) in [5, 5.41) is 0. The Morgan fingerprint density at radius 1 is 1.36 bits per heavy atom. The lowest BCUT2D eigenvalue weighted by Gasteiger charge is -2.10. The Labute approximate surface area is 79.5 Å². The van der Waals surface area contributed by atoms with Gasteiger partial charge in [-0.2, -0.15) is 13.2 Å². The Bertz CT molecular complexity index is 332. The molecule has 0 aliphatic carbocycles. The van der Waals surface area contributed by atoms with Crippen LogP contribution in [0, 0.1) is 0 Å². The Morgan fingerprint density at radius 3 is 2.50 bits per heavy atom. The van der Waals surface area contributed by atoms with Gasteiger partial charge in [-0.25, -0.2) is 0 Å². The molecule has 1 nitrogen and oxygen atoms in total. The zero-order chi connectivity index (χ0) is 10.4. The fourth-order valence-corrected chi connectivity index (χ4v) is 1.30. The van der Waals surface area contributed by atoms with Crippen molar-refractivity contribution in [3.8, 4) is 0 Å². The van der Waals surface area contributed by atoms with Crippen LogP contribution < -0.4 is 0 Å². The first-order chi connectivity index (χ1) is 6.42. The van der Waals surface area contributed by atoms with Gasteiger partial charge in [0.15, 0.2) is 0 Å². The summed E-state index contributed by atoms with van der Waals surface area (Å²) in [5.41, 5.74) is -0.527. The van der Waals surface area contributed by atoms with Crippen molar-refractivity contribution in [3.05, 3.63) is 35.4 Å². The van der Waals surface area contributed by atoms with E-state index in [2.05, 4.69) is 0 Å². The van der Waals surface area contributed by atoms with Crippen molar-refractivity contribution in [1.29, 1.82) is 0 Å². The molecule has 1 aliphatic rings. The van der Waals surface area contributed by atoms with Gasteiger partial charge in [-0.05, 0) is 24.6 Å². The minimum absolute atomic E-state index is 0.494. The summed E-state index contributed by atoms with van der Waals surface area (Å²) in [7, 11) is 0. The molecule has 1 atom stereocenters. The van der Waals surface area contributed by atoms with Crippen molar-refractivity contribution in [2.24, 2.45) is 0 Å². The molecule has 1 heterocycles. The number of epoxide rings is 1. The first-order valence-corrected chi connectivity index (χ1v) is 4.23. The van der Waals surface area contributed by atoms with E-state index >= 15 is 0 Å². The molecule has 0 saturated carbocycles. The largest absolute Gasteiger partial charge is 0.416 e. The van der Waals surface area contributed by atoms with Gasteiger partial charge >= 0.3 is 6.18 Å². The smallest absolute Gasteiger partial charge is 0.365 e. The third kappa shape index (κ3) is 1.62. The molecule has 0 aromatic heterocycles. The zero-order valence-electron chi connectivity index (χ0n) is 7.56. The highest BCUT2D eigenvalue weighted by atomic mass is 19.4. The molecule has 0 amide bonds. The SMILES string of the molecule is CC1(c2cccc(C(F)(F)F)c2)CO1. The van der Waals surface area contributed by atoms with Gasteiger partial charge in [0.1, 0.15) is 5.60 Å². The second-order valence-electron chi connectivity index (χ2n) is 3.60. The molecule has 1 aliphatic heterocycles. The van der Waals surface area contributed by atoms with E-state index in [4.69, 9.17) is 4.74 Å². The predicted octanol–water partition coefficient (Wildman–Crippen LogP) is 2.95. The van der Waals surface area contributed by atoms with Crippen LogP contribution in [0.25, 0.3) is 0 Å². The van der Waals surface area contributed by atoms with E-state index in [1.807, 2.05) is 0 Å². The summed E-state index contributed by atoms with van der Waals surface area (Å²) in [5.74, 6) is 0. The Balaban J connectivity index is 2.37. The molecule has 1 aromatic rings. The lowest BCUT2D eigenvalue weighted by molar-refractivity contribution is -0.137. The van der Waals surface area contributed by atoms with E-state index in [9.17, 15) is 13.2 Å². The molecular weight excluding hydrogens is 193 g/mol. The molecule has 0 N–H and O–H groups in total. The van der Waals surface area contributed by atoms with E-state index in [0.29, 0.717) is 12.2 Å². The highest BCUT2D eigenvalue weighted by molar-refractivity contribution is 5.31. The van der Waals surface area contributed by atoms with Crippen LogP contribution in [0.15, 0.2) is 24.3 Å². The van der Waals surface area contributed by atoms with Gasteiger partial charge in [0.25, 0.3) is 0 Å². The molecular formula is C10H9F3O. The topological polar surface area (TPSA) is 12.5 Å². The molecule has 14 heavy (non-hydrogen) atoms. The van der Waals surface area contributed by atoms with Crippen LogP contribution in [0.4, 0.5) is 13.2 Å². The van der Waals surface area contributed by atoms with Gasteiger partial charge in [-0.15, -0.1) is 0 Å². The number of halogens is 3. The van der Waals surface area contributed by atoms with E-state index in [-0.39, 0.29) is 0 Å². The van der Waals surface area contributed by atoms with Gasteiger partial charge in [0.2, 0.25) is 0 Å². The Morgan fingerprint density at radius 2 is 2.00 bits per heavy atom. The minimum Gasteiger partial charge on any atom is -0.365 e. The second kappa shape index (κ2) is 2.73. The van der Waals surface area contributed by atoms with Crippen molar-refractivity contribution in [3.63, 3.8) is 0 Å². The number of rotatable bonds is 1. The summed E-state index contributed by atoms with van der Waals surface area (Å²) in [6.07, 6.45) is -4.28. The third-order valence-electron chi connectivity index (χ3n) is 2.38. The Kier molecular flexibility index (Phi) is 1.86. The first kappa shape index (κ1) is 9.52. The van der Waals surface area contributed by atoms with Crippen molar-refractivity contribution < 1.29 is 17.9 Å². The fraction of sp³-hybridized carbons (Fsp3) is 0.400. The van der Waals surface area contributed by atoms with Crippen LogP contribution in [0.3, 0.4) is 0 Å². The van der Waals surface area contributed by atoms with Gasteiger partial charge in [-0.1, -0.05) is 12.1 Å². The monoisotopic (exact) mass is 202 g/mol. The van der Waals surface area contributed by atoms with Crippen molar-refractivity contribution in [1.82, 2.24) is 0 Å². The minimum atomic E-state index is -4.28. The summed E-state index contributed by atoms with van der Waals surface area (Å²) in [6, 6.07) is 5.27.